The van der Waals surface area contributed by atoms with Gasteiger partial charge in [-0.25, -0.2) is 18.1 Å². The molecule has 1 aliphatic heterocycles. The summed E-state index contributed by atoms with van der Waals surface area (Å²) in [5, 5.41) is 6.44. The van der Waals surface area contributed by atoms with E-state index in [-0.39, 0.29) is 10.9 Å². The zero-order valence-electron chi connectivity index (χ0n) is 20.6. The molecule has 0 atom stereocenters. The molecule has 2 aromatic carbocycles. The quantitative estimate of drug-likeness (QED) is 0.263. The fourth-order valence-corrected chi connectivity index (χ4v) is 5.81. The van der Waals surface area contributed by atoms with Crippen LogP contribution in [-0.4, -0.2) is 44.1 Å². The van der Waals surface area contributed by atoms with Gasteiger partial charge in [0.2, 0.25) is 16.0 Å². The van der Waals surface area contributed by atoms with Gasteiger partial charge < -0.3 is 20.3 Å². The van der Waals surface area contributed by atoms with E-state index in [0.29, 0.717) is 24.1 Å². The number of para-hydroxylation sites is 1. The number of rotatable bonds is 10. The smallest absolute Gasteiger partial charge is 0.242 e. The molecule has 9 nitrogen and oxygen atoms in total. The monoisotopic (exact) mass is 622 g/mol. The highest BCUT2D eigenvalue weighted by Gasteiger charge is 2.20. The van der Waals surface area contributed by atoms with E-state index in [1.807, 2.05) is 19.1 Å². The number of nitrogens with one attached hydrogen (secondary N) is 3. The Balaban J connectivity index is 1.60. The van der Waals surface area contributed by atoms with Gasteiger partial charge >= 0.3 is 0 Å². The van der Waals surface area contributed by atoms with Crippen LogP contribution in [0.5, 0.6) is 5.75 Å². The minimum Gasteiger partial charge on any atom is -0.492 e. The third-order valence-electron chi connectivity index (χ3n) is 5.55. The summed E-state index contributed by atoms with van der Waals surface area (Å²) in [5.74, 6) is 1.59. The van der Waals surface area contributed by atoms with Crippen LogP contribution in [0.1, 0.15) is 33.6 Å². The Morgan fingerprint density at radius 3 is 2.56 bits per heavy atom. The fourth-order valence-electron chi connectivity index (χ4n) is 4.00. The highest BCUT2D eigenvalue weighted by Crippen LogP contribution is 2.34. The summed E-state index contributed by atoms with van der Waals surface area (Å²) in [6.45, 7) is 8.17. The Morgan fingerprint density at radius 1 is 1.08 bits per heavy atom. The van der Waals surface area contributed by atoms with E-state index in [9.17, 15) is 8.42 Å². The number of sulfonamides is 1. The zero-order chi connectivity index (χ0) is 25.7. The molecule has 0 spiro atoms. The number of hydrogen-bond acceptors (Lipinski definition) is 8. The van der Waals surface area contributed by atoms with Crippen LogP contribution < -0.4 is 25.0 Å². The zero-order valence-corrected chi connectivity index (χ0v) is 23.6. The Kier molecular flexibility index (Phi) is 8.52. The van der Waals surface area contributed by atoms with Crippen LogP contribution in [0.4, 0.5) is 28.8 Å². The average Bonchev–Trinajstić information content (AvgIpc) is 3.37. The standard InChI is InChI=1S/C25H31IN6O3S/c1-4-35-22-15-18(32-13-7-8-14-32)11-12-20(22)29-25-27-16-19(26)24(30-25)28-21-9-5-6-10-23(21)36(33,34)31-17(2)3/h5-6,9-12,15-17,31H,4,7-8,13-14H2,1-3H3,(H2,27,28,29,30). The maximum atomic E-state index is 12.9. The van der Waals surface area contributed by atoms with Gasteiger partial charge in [-0.2, -0.15) is 4.98 Å². The Bertz CT molecular complexity index is 1310. The number of aromatic nitrogens is 2. The number of hydrogen-bond donors (Lipinski definition) is 3. The minimum absolute atomic E-state index is 0.152. The van der Waals surface area contributed by atoms with Gasteiger partial charge in [-0.05, 0) is 80.5 Å². The van der Waals surface area contributed by atoms with Crippen LogP contribution in [0.15, 0.2) is 53.6 Å². The van der Waals surface area contributed by atoms with Crippen LogP contribution in [0.3, 0.4) is 0 Å². The highest BCUT2D eigenvalue weighted by molar-refractivity contribution is 14.1. The summed E-state index contributed by atoms with van der Waals surface area (Å²) >= 11 is 2.12. The summed E-state index contributed by atoms with van der Waals surface area (Å²) in [4.78, 5) is 11.6. The second-order valence-electron chi connectivity index (χ2n) is 8.72. The van der Waals surface area contributed by atoms with Crippen molar-refractivity contribution in [2.45, 2.75) is 44.6 Å². The third kappa shape index (κ3) is 6.37. The van der Waals surface area contributed by atoms with Gasteiger partial charge in [0, 0.05) is 37.1 Å². The maximum absolute atomic E-state index is 12.9. The van der Waals surface area contributed by atoms with E-state index in [0.717, 1.165) is 33.8 Å². The van der Waals surface area contributed by atoms with E-state index in [2.05, 4.69) is 58.9 Å². The van der Waals surface area contributed by atoms with Crippen LogP contribution >= 0.6 is 22.6 Å². The second-order valence-corrected chi connectivity index (χ2v) is 11.6. The van der Waals surface area contributed by atoms with Gasteiger partial charge in [0.05, 0.1) is 21.6 Å². The van der Waals surface area contributed by atoms with Gasteiger partial charge in [-0.3, -0.25) is 0 Å². The first-order chi connectivity index (χ1) is 17.3. The van der Waals surface area contributed by atoms with Crippen molar-refractivity contribution in [1.29, 1.82) is 0 Å². The molecule has 1 saturated heterocycles. The van der Waals surface area contributed by atoms with E-state index in [1.54, 1.807) is 44.3 Å². The molecule has 3 N–H and O–H groups in total. The third-order valence-corrected chi connectivity index (χ3v) is 8.05. The normalized spacial score (nSPS) is 13.8. The van der Waals surface area contributed by atoms with E-state index >= 15 is 0 Å². The van der Waals surface area contributed by atoms with Crippen molar-refractivity contribution >= 4 is 61.4 Å². The predicted octanol–water partition coefficient (Wildman–Crippen LogP) is 5.25. The molecule has 0 bridgehead atoms. The van der Waals surface area contributed by atoms with Gasteiger partial charge in [0.15, 0.2) is 0 Å². The molecule has 0 aliphatic carbocycles. The molecule has 4 rings (SSSR count). The minimum atomic E-state index is -3.70. The SMILES string of the molecule is CCOc1cc(N2CCCC2)ccc1Nc1ncc(I)c(Nc2ccccc2S(=O)(=O)NC(C)C)n1. The first-order valence-corrected chi connectivity index (χ1v) is 14.5. The number of nitrogens with zero attached hydrogens (tertiary/aromatic N) is 3. The predicted molar refractivity (Wildman–Crippen MR) is 152 cm³/mol. The maximum Gasteiger partial charge on any atom is 0.242 e. The largest absolute Gasteiger partial charge is 0.492 e. The fraction of sp³-hybridized carbons (Fsp3) is 0.360. The first-order valence-electron chi connectivity index (χ1n) is 12.0. The molecular weight excluding hydrogens is 591 g/mol. The number of ether oxygens (including phenoxy) is 1. The van der Waals surface area contributed by atoms with Gasteiger partial charge in [0.25, 0.3) is 0 Å². The van der Waals surface area contributed by atoms with E-state index < -0.39 is 10.0 Å². The van der Waals surface area contributed by atoms with Crippen LogP contribution in [0, 0.1) is 3.57 Å². The van der Waals surface area contributed by atoms with Gasteiger partial charge in [-0.1, -0.05) is 12.1 Å². The van der Waals surface area contributed by atoms with E-state index in [1.165, 1.54) is 12.8 Å². The summed E-state index contributed by atoms with van der Waals surface area (Å²) in [5.41, 5.74) is 2.33. The van der Waals surface area contributed by atoms with Gasteiger partial charge in [-0.15, -0.1) is 0 Å². The lowest BCUT2D eigenvalue weighted by Gasteiger charge is -2.20. The molecule has 0 radical (unpaired) electrons. The average molecular weight is 623 g/mol. The lowest BCUT2D eigenvalue weighted by Crippen LogP contribution is -2.30. The Hall–Kier alpha value is -2.64. The van der Waals surface area contributed by atoms with Crippen molar-refractivity contribution in [1.82, 2.24) is 14.7 Å². The first kappa shape index (κ1) is 26.4. The molecule has 1 aliphatic rings. The number of benzene rings is 2. The Morgan fingerprint density at radius 2 is 1.83 bits per heavy atom. The molecule has 3 aromatic rings. The molecule has 0 amide bonds. The summed E-state index contributed by atoms with van der Waals surface area (Å²) in [7, 11) is -3.70. The van der Waals surface area contributed by atoms with Crippen LogP contribution in [0.25, 0.3) is 0 Å². The molecule has 2 heterocycles. The van der Waals surface area contributed by atoms with Crippen molar-refractivity contribution in [3.05, 3.63) is 52.2 Å². The second kappa shape index (κ2) is 11.6. The van der Waals surface area contributed by atoms with Crippen molar-refractivity contribution < 1.29 is 13.2 Å². The molecule has 0 saturated carbocycles. The van der Waals surface area contributed by atoms with Crippen LogP contribution in [-0.2, 0) is 10.0 Å². The lowest BCUT2D eigenvalue weighted by atomic mass is 10.2. The van der Waals surface area contributed by atoms with Crippen molar-refractivity contribution in [3.8, 4) is 5.75 Å². The molecule has 36 heavy (non-hydrogen) atoms. The molecular formula is C25H31IN6O3S. The molecule has 11 heteroatoms. The molecule has 0 unspecified atom stereocenters. The summed E-state index contributed by atoms with van der Waals surface area (Å²) < 4.78 is 35.0. The van der Waals surface area contributed by atoms with Crippen molar-refractivity contribution in [3.63, 3.8) is 0 Å². The summed E-state index contributed by atoms with van der Waals surface area (Å²) in [6.07, 6.45) is 4.09. The number of anilines is 5. The lowest BCUT2D eigenvalue weighted by molar-refractivity contribution is 0.342. The summed E-state index contributed by atoms with van der Waals surface area (Å²) in [6, 6.07) is 12.6. The van der Waals surface area contributed by atoms with Crippen molar-refractivity contribution in [2.24, 2.45) is 0 Å². The number of halogens is 1. The molecule has 1 fully saturated rings. The van der Waals surface area contributed by atoms with E-state index in [4.69, 9.17) is 4.74 Å². The topological polar surface area (TPSA) is 108 Å². The molecule has 192 valence electrons. The molecule has 1 aromatic heterocycles. The van der Waals surface area contributed by atoms with Crippen LogP contribution in [0.2, 0.25) is 0 Å². The Labute approximate surface area is 226 Å². The highest BCUT2D eigenvalue weighted by atomic mass is 127. The van der Waals surface area contributed by atoms with Crippen molar-refractivity contribution in [2.75, 3.05) is 35.2 Å². The van der Waals surface area contributed by atoms with Gasteiger partial charge in [0.1, 0.15) is 16.5 Å².